The largest absolute Gasteiger partial charge is 1.00 e. The topological polar surface area (TPSA) is 23.1 Å². The van der Waals surface area contributed by atoms with E-state index in [1.54, 1.807) is 0 Å². The maximum Gasteiger partial charge on any atom is 1.00 e. The van der Waals surface area contributed by atoms with E-state index >= 15 is 0 Å². The van der Waals surface area contributed by atoms with Crippen molar-refractivity contribution in [3.05, 3.63) is 0 Å². The Morgan fingerprint density at radius 1 is 1.50 bits per heavy atom. The van der Waals surface area contributed by atoms with Gasteiger partial charge < -0.3 is 5.11 Å². The Balaban J connectivity index is 0. The molecular formula is C4H9NaO. The first-order valence-corrected chi connectivity index (χ1v) is 2.00. The van der Waals surface area contributed by atoms with E-state index in [-0.39, 0.29) is 36.2 Å². The average Bonchev–Trinajstić information content (AvgIpc) is 1.41. The van der Waals surface area contributed by atoms with E-state index < -0.39 is 0 Å². The van der Waals surface area contributed by atoms with Gasteiger partial charge in [0.2, 0.25) is 0 Å². The molecule has 2 heteroatoms. The van der Waals surface area contributed by atoms with E-state index in [0.29, 0.717) is 0 Å². The summed E-state index contributed by atoms with van der Waals surface area (Å²) in [7, 11) is 0. The van der Waals surface area contributed by atoms with Crippen molar-refractivity contribution < 1.29 is 34.7 Å². The van der Waals surface area contributed by atoms with Crippen LogP contribution in [0.4, 0.5) is 0 Å². The standard InChI is InChI=1S/C4H9O.Na/c1-2-3-4-5;/h2-4H2,1H3;/q-1;+1. The van der Waals surface area contributed by atoms with Gasteiger partial charge in [0, 0.05) is 0 Å². The number of rotatable bonds is 2. The Bertz CT molecular complexity index is 15.0. The summed E-state index contributed by atoms with van der Waals surface area (Å²) >= 11 is 0. The van der Waals surface area contributed by atoms with Gasteiger partial charge in [-0.05, 0) is 0 Å². The fraction of sp³-hybridized carbons (Fsp3) is 1.00. The molecule has 0 aliphatic heterocycles. The van der Waals surface area contributed by atoms with Crippen LogP contribution in [0.25, 0.3) is 0 Å². The van der Waals surface area contributed by atoms with E-state index in [4.69, 9.17) is 0 Å². The molecule has 0 atom stereocenters. The maximum atomic E-state index is 9.53. The first-order chi connectivity index (χ1) is 2.41. The van der Waals surface area contributed by atoms with Crippen molar-refractivity contribution in [3.8, 4) is 0 Å². The third-order valence-corrected chi connectivity index (χ3v) is 0.498. The van der Waals surface area contributed by atoms with Crippen LogP contribution in [0.5, 0.6) is 0 Å². The molecule has 0 radical (unpaired) electrons. The van der Waals surface area contributed by atoms with Crippen molar-refractivity contribution in [2.75, 3.05) is 6.61 Å². The Morgan fingerprint density at radius 3 is 2.00 bits per heavy atom. The molecule has 0 fully saturated rings. The van der Waals surface area contributed by atoms with Crippen LogP contribution < -0.4 is 34.7 Å². The van der Waals surface area contributed by atoms with Gasteiger partial charge in [0.15, 0.2) is 0 Å². The van der Waals surface area contributed by atoms with Gasteiger partial charge in [-0.25, -0.2) is 0 Å². The van der Waals surface area contributed by atoms with Gasteiger partial charge >= 0.3 is 29.6 Å². The van der Waals surface area contributed by atoms with Gasteiger partial charge in [-0.3, -0.25) is 0 Å². The molecule has 0 amide bonds. The van der Waals surface area contributed by atoms with Gasteiger partial charge in [0.05, 0.1) is 0 Å². The second kappa shape index (κ2) is 9.35. The van der Waals surface area contributed by atoms with E-state index in [2.05, 4.69) is 0 Å². The predicted molar refractivity (Wildman–Crippen MR) is 19.8 cm³/mol. The molecule has 0 aromatic rings. The molecule has 32 valence electrons. The third-order valence-electron chi connectivity index (χ3n) is 0.498. The van der Waals surface area contributed by atoms with E-state index in [1.165, 1.54) is 0 Å². The minimum Gasteiger partial charge on any atom is -0.854 e. The van der Waals surface area contributed by atoms with Gasteiger partial charge in [-0.2, -0.15) is 0 Å². The summed E-state index contributed by atoms with van der Waals surface area (Å²) in [5.74, 6) is 0. The van der Waals surface area contributed by atoms with E-state index in [0.717, 1.165) is 12.8 Å². The van der Waals surface area contributed by atoms with Gasteiger partial charge in [0.1, 0.15) is 0 Å². The zero-order chi connectivity index (χ0) is 4.12. The molecular weight excluding hydrogens is 87.0 g/mol. The minimum absolute atomic E-state index is 0. The quantitative estimate of drug-likeness (QED) is 0.339. The molecule has 0 unspecified atom stereocenters. The van der Waals surface area contributed by atoms with Crippen molar-refractivity contribution >= 4 is 0 Å². The van der Waals surface area contributed by atoms with Gasteiger partial charge in [0.25, 0.3) is 0 Å². The third kappa shape index (κ3) is 8.88. The summed E-state index contributed by atoms with van der Waals surface area (Å²) in [6.07, 6.45) is 1.86. The number of hydrogen-bond donors (Lipinski definition) is 0. The summed E-state index contributed by atoms with van der Waals surface area (Å²) in [6, 6.07) is 0. The molecule has 0 saturated carbocycles. The van der Waals surface area contributed by atoms with Crippen LogP contribution in [-0.4, -0.2) is 6.61 Å². The first kappa shape index (κ1) is 10.0. The second-order valence-electron chi connectivity index (χ2n) is 1.06. The van der Waals surface area contributed by atoms with Gasteiger partial charge in [-0.1, -0.05) is 19.8 Å². The summed E-state index contributed by atoms with van der Waals surface area (Å²) in [5, 5.41) is 9.53. The zero-order valence-electron chi connectivity index (χ0n) is 4.53. The van der Waals surface area contributed by atoms with Crippen LogP contribution in [0.3, 0.4) is 0 Å². The van der Waals surface area contributed by atoms with Crippen LogP contribution >= 0.6 is 0 Å². The maximum absolute atomic E-state index is 9.53. The molecule has 6 heavy (non-hydrogen) atoms. The summed E-state index contributed by atoms with van der Waals surface area (Å²) in [5.41, 5.74) is 0. The van der Waals surface area contributed by atoms with Crippen LogP contribution in [0.2, 0.25) is 0 Å². The van der Waals surface area contributed by atoms with Crippen LogP contribution in [0, 0.1) is 0 Å². The summed E-state index contributed by atoms with van der Waals surface area (Å²) < 4.78 is 0. The van der Waals surface area contributed by atoms with Crippen LogP contribution in [0.15, 0.2) is 0 Å². The molecule has 0 bridgehead atoms. The number of hydrogen-bond acceptors (Lipinski definition) is 1. The molecule has 0 aliphatic carbocycles. The van der Waals surface area contributed by atoms with E-state index in [9.17, 15) is 5.11 Å². The summed E-state index contributed by atoms with van der Waals surface area (Å²) in [6.45, 7) is 2.11. The predicted octanol–water partition coefficient (Wildman–Crippen LogP) is -2.85. The zero-order valence-corrected chi connectivity index (χ0v) is 6.53. The SMILES string of the molecule is CCCC[O-].[Na+]. The van der Waals surface area contributed by atoms with Crippen LogP contribution in [0.1, 0.15) is 19.8 Å². The Labute approximate surface area is 61.0 Å². The molecule has 0 saturated heterocycles. The molecule has 0 aromatic heterocycles. The summed E-state index contributed by atoms with van der Waals surface area (Å²) in [4.78, 5) is 0. The molecule has 1 nitrogen and oxygen atoms in total. The molecule has 0 rings (SSSR count). The Morgan fingerprint density at radius 2 is 2.00 bits per heavy atom. The number of unbranched alkanes of at least 4 members (excludes halogenated alkanes) is 1. The van der Waals surface area contributed by atoms with Crippen molar-refractivity contribution in [1.82, 2.24) is 0 Å². The van der Waals surface area contributed by atoms with Crippen LogP contribution in [-0.2, 0) is 0 Å². The van der Waals surface area contributed by atoms with E-state index in [1.807, 2.05) is 6.92 Å². The Kier molecular flexibility index (Phi) is 15.7. The van der Waals surface area contributed by atoms with Crippen molar-refractivity contribution in [3.63, 3.8) is 0 Å². The van der Waals surface area contributed by atoms with Crippen molar-refractivity contribution in [2.45, 2.75) is 19.8 Å². The normalized spacial score (nSPS) is 7.00. The average molecular weight is 96.1 g/mol. The van der Waals surface area contributed by atoms with Crippen molar-refractivity contribution in [2.24, 2.45) is 0 Å². The minimum atomic E-state index is 0. The smallest absolute Gasteiger partial charge is 0.854 e. The first-order valence-electron chi connectivity index (χ1n) is 2.00. The molecule has 0 spiro atoms. The van der Waals surface area contributed by atoms with Crippen molar-refractivity contribution in [1.29, 1.82) is 0 Å². The fourth-order valence-corrected chi connectivity index (χ4v) is 0.144. The Hall–Kier alpha value is 0.960. The molecule has 0 heterocycles. The fourth-order valence-electron chi connectivity index (χ4n) is 0.144. The molecule has 0 N–H and O–H groups in total. The second-order valence-corrected chi connectivity index (χ2v) is 1.06. The van der Waals surface area contributed by atoms with Gasteiger partial charge in [-0.15, -0.1) is 6.61 Å². The molecule has 0 aliphatic rings. The monoisotopic (exact) mass is 96.1 g/mol. The molecule has 0 aromatic carbocycles.